The van der Waals surface area contributed by atoms with Crippen LogP contribution in [0.15, 0.2) is 0 Å². The molecular weight excluding hydrogens is 294 g/mol. The lowest BCUT2D eigenvalue weighted by Crippen LogP contribution is -2.51. The fourth-order valence-electron chi connectivity index (χ4n) is 2.31. The smallest absolute Gasteiger partial charge is 0.240 e. The second kappa shape index (κ2) is 8.46. The number of primary amides is 1. The molecule has 0 radical (unpaired) electrons. The van der Waals surface area contributed by atoms with Crippen molar-refractivity contribution in [3.05, 3.63) is 0 Å². The van der Waals surface area contributed by atoms with Crippen LogP contribution in [-0.2, 0) is 9.59 Å². The van der Waals surface area contributed by atoms with Crippen LogP contribution in [0.1, 0.15) is 33.1 Å². The van der Waals surface area contributed by atoms with Gasteiger partial charge in [-0.15, -0.1) is 0 Å². The van der Waals surface area contributed by atoms with Gasteiger partial charge in [-0.1, -0.05) is 24.0 Å². The van der Waals surface area contributed by atoms with Gasteiger partial charge in [-0.2, -0.15) is 0 Å². The molecule has 1 rings (SSSR count). The molecule has 1 aliphatic heterocycles. The third-order valence-electron chi connectivity index (χ3n) is 3.49. The first kappa shape index (κ1) is 17.2. The van der Waals surface area contributed by atoms with Crippen molar-refractivity contribution in [1.29, 1.82) is 0 Å². The zero-order valence-electron chi connectivity index (χ0n) is 12.1. The first-order valence-electron chi connectivity index (χ1n) is 7.01. The summed E-state index contributed by atoms with van der Waals surface area (Å²) in [5.74, 6) is -0.179. The number of nitrogens with zero attached hydrogens (tertiary/aromatic N) is 2. The normalized spacial score (nSPS) is 18.7. The molecule has 0 saturated carbocycles. The topological polar surface area (TPSA) is 66.6 Å². The van der Waals surface area contributed by atoms with Crippen molar-refractivity contribution in [3.63, 3.8) is 0 Å². The number of piperidine rings is 1. The van der Waals surface area contributed by atoms with Crippen molar-refractivity contribution in [3.8, 4) is 0 Å². The molecule has 0 spiro atoms. The monoisotopic (exact) mass is 317 g/mol. The number of rotatable bonds is 5. The van der Waals surface area contributed by atoms with Crippen molar-refractivity contribution < 1.29 is 9.59 Å². The fourth-order valence-corrected chi connectivity index (χ4v) is 3.59. The zero-order chi connectivity index (χ0) is 15.1. The highest BCUT2D eigenvalue weighted by molar-refractivity contribution is 8.23. The van der Waals surface area contributed by atoms with Gasteiger partial charge in [0, 0.05) is 19.6 Å². The Labute approximate surface area is 130 Å². The number of hydrogen-bond acceptors (Lipinski definition) is 4. The van der Waals surface area contributed by atoms with Crippen molar-refractivity contribution in [1.82, 2.24) is 9.80 Å². The van der Waals surface area contributed by atoms with Crippen LogP contribution in [0.3, 0.4) is 0 Å². The highest BCUT2D eigenvalue weighted by atomic mass is 32.2. The van der Waals surface area contributed by atoms with Crippen LogP contribution in [0.4, 0.5) is 0 Å². The van der Waals surface area contributed by atoms with Crippen LogP contribution in [0.5, 0.6) is 0 Å². The van der Waals surface area contributed by atoms with E-state index in [9.17, 15) is 9.59 Å². The first-order valence-corrected chi connectivity index (χ1v) is 8.41. The average Bonchev–Trinajstić information content (AvgIpc) is 2.46. The molecule has 0 unspecified atom stereocenters. The molecule has 0 aromatic rings. The third kappa shape index (κ3) is 4.63. The predicted molar refractivity (Wildman–Crippen MR) is 86.5 cm³/mol. The van der Waals surface area contributed by atoms with E-state index in [1.165, 1.54) is 11.8 Å². The summed E-state index contributed by atoms with van der Waals surface area (Å²) in [7, 11) is 0. The van der Waals surface area contributed by atoms with E-state index in [1.54, 1.807) is 4.90 Å². The molecule has 0 aromatic heterocycles. The van der Waals surface area contributed by atoms with E-state index in [0.29, 0.717) is 13.0 Å². The van der Waals surface area contributed by atoms with E-state index >= 15 is 0 Å². The summed E-state index contributed by atoms with van der Waals surface area (Å²) in [4.78, 5) is 27.3. The summed E-state index contributed by atoms with van der Waals surface area (Å²) in [6.45, 7) is 6.36. The lowest BCUT2D eigenvalue weighted by Gasteiger charge is -2.33. The lowest BCUT2D eigenvalue weighted by molar-refractivity contribution is -0.138. The highest BCUT2D eigenvalue weighted by Crippen LogP contribution is 2.19. The second-order valence-corrected chi connectivity index (χ2v) is 6.34. The Balaban J connectivity index is 2.52. The number of amides is 2. The van der Waals surface area contributed by atoms with Crippen LogP contribution >= 0.6 is 24.0 Å². The van der Waals surface area contributed by atoms with Gasteiger partial charge in [0.15, 0.2) is 0 Å². The summed E-state index contributed by atoms with van der Waals surface area (Å²) in [6, 6.07) is -0.445. The van der Waals surface area contributed by atoms with E-state index in [0.717, 1.165) is 30.3 Å². The predicted octanol–water partition coefficient (Wildman–Crippen LogP) is 1.21. The standard InChI is InChI=1S/C13H23N3O2S2/c1-3-15(4-2)13(19)20-9-11(17)16-8-6-5-7-10(16)12(14)18/h10H,3-9H2,1-2H3,(H2,14,18)/t10-/m0/s1. The van der Waals surface area contributed by atoms with Gasteiger partial charge in [0.2, 0.25) is 11.8 Å². The Morgan fingerprint density at radius 3 is 2.55 bits per heavy atom. The molecule has 5 nitrogen and oxygen atoms in total. The van der Waals surface area contributed by atoms with Crippen LogP contribution in [0.2, 0.25) is 0 Å². The maximum atomic E-state index is 12.2. The van der Waals surface area contributed by atoms with Crippen molar-refractivity contribution in [2.45, 2.75) is 39.2 Å². The van der Waals surface area contributed by atoms with Gasteiger partial charge in [0.1, 0.15) is 10.4 Å². The Bertz CT molecular complexity index is 373. The maximum absolute atomic E-state index is 12.2. The van der Waals surface area contributed by atoms with Gasteiger partial charge in [0.25, 0.3) is 0 Å². The van der Waals surface area contributed by atoms with Gasteiger partial charge in [-0.3, -0.25) is 9.59 Å². The van der Waals surface area contributed by atoms with Gasteiger partial charge >= 0.3 is 0 Å². The van der Waals surface area contributed by atoms with Gasteiger partial charge in [-0.05, 0) is 33.1 Å². The number of thiocarbonyl (C=S) groups is 1. The van der Waals surface area contributed by atoms with Crippen molar-refractivity contribution in [2.75, 3.05) is 25.4 Å². The minimum absolute atomic E-state index is 0.0481. The molecule has 114 valence electrons. The number of nitrogens with two attached hydrogens (primary N) is 1. The number of carbonyl (C=O) groups is 2. The van der Waals surface area contributed by atoms with E-state index in [1.807, 2.05) is 18.7 Å². The van der Waals surface area contributed by atoms with Crippen LogP contribution in [0, 0.1) is 0 Å². The summed E-state index contributed by atoms with van der Waals surface area (Å²) in [5, 5.41) is 0. The Kier molecular flexibility index (Phi) is 7.29. The van der Waals surface area contributed by atoms with Crippen LogP contribution in [-0.4, -0.2) is 57.4 Å². The van der Waals surface area contributed by atoms with E-state index < -0.39 is 11.9 Å². The summed E-state index contributed by atoms with van der Waals surface area (Å²) < 4.78 is 0.732. The molecule has 2 amide bonds. The Morgan fingerprint density at radius 2 is 2.00 bits per heavy atom. The molecule has 7 heteroatoms. The van der Waals surface area contributed by atoms with Crippen molar-refractivity contribution in [2.24, 2.45) is 5.73 Å². The molecule has 1 heterocycles. The zero-order valence-corrected chi connectivity index (χ0v) is 13.8. The molecule has 0 aromatic carbocycles. The maximum Gasteiger partial charge on any atom is 0.240 e. The van der Waals surface area contributed by atoms with Gasteiger partial charge in [-0.25, -0.2) is 0 Å². The number of likely N-dealkylation sites (tertiary alicyclic amines) is 1. The molecule has 0 bridgehead atoms. The quantitative estimate of drug-likeness (QED) is 0.772. The second-order valence-electron chi connectivity index (χ2n) is 4.73. The minimum atomic E-state index is -0.445. The molecule has 0 aliphatic carbocycles. The number of thioether (sulfide) groups is 1. The SMILES string of the molecule is CCN(CC)C(=S)SCC(=O)N1CCCC[C@H]1C(N)=O. The lowest BCUT2D eigenvalue weighted by atomic mass is 10.0. The summed E-state index contributed by atoms with van der Waals surface area (Å²) >= 11 is 6.66. The number of carbonyl (C=O) groups excluding carboxylic acids is 2. The Hall–Kier alpha value is -0.820. The van der Waals surface area contributed by atoms with Gasteiger partial charge in [0.05, 0.1) is 5.75 Å². The average molecular weight is 317 g/mol. The fraction of sp³-hybridized carbons (Fsp3) is 0.769. The molecule has 1 fully saturated rings. The minimum Gasteiger partial charge on any atom is -0.368 e. The largest absolute Gasteiger partial charge is 0.368 e. The molecule has 2 N–H and O–H groups in total. The Morgan fingerprint density at radius 1 is 1.35 bits per heavy atom. The molecule has 1 atom stereocenters. The van der Waals surface area contributed by atoms with E-state index in [4.69, 9.17) is 18.0 Å². The van der Waals surface area contributed by atoms with Gasteiger partial charge < -0.3 is 15.5 Å². The molecular formula is C13H23N3O2S2. The number of hydrogen-bond donors (Lipinski definition) is 1. The molecule has 1 aliphatic rings. The van der Waals surface area contributed by atoms with Crippen LogP contribution in [0.25, 0.3) is 0 Å². The highest BCUT2D eigenvalue weighted by Gasteiger charge is 2.30. The molecule has 20 heavy (non-hydrogen) atoms. The third-order valence-corrected chi connectivity index (χ3v) is 5.00. The summed E-state index contributed by atoms with van der Waals surface area (Å²) in [6.07, 6.45) is 2.55. The summed E-state index contributed by atoms with van der Waals surface area (Å²) in [5.41, 5.74) is 5.37. The van der Waals surface area contributed by atoms with Crippen molar-refractivity contribution >= 4 is 40.1 Å². The van der Waals surface area contributed by atoms with E-state index in [-0.39, 0.29) is 11.7 Å². The van der Waals surface area contributed by atoms with E-state index in [2.05, 4.69) is 0 Å². The van der Waals surface area contributed by atoms with Crippen LogP contribution < -0.4 is 5.73 Å². The molecule has 1 saturated heterocycles. The first-order chi connectivity index (χ1) is 9.51.